The molecule has 0 unspecified atom stereocenters. The van der Waals surface area contributed by atoms with Crippen molar-refractivity contribution < 1.29 is 22.8 Å². The van der Waals surface area contributed by atoms with Crippen molar-refractivity contribution in [3.63, 3.8) is 0 Å². The zero-order chi connectivity index (χ0) is 18.7. The molecule has 1 aromatic carbocycles. The van der Waals surface area contributed by atoms with Gasteiger partial charge in [0.05, 0.1) is 43.2 Å². The Kier molecular flexibility index (Phi) is 5.99. The highest BCUT2D eigenvalue weighted by molar-refractivity contribution is 7.91. The molecule has 1 fully saturated rings. The molecule has 9 heteroatoms. The minimum absolute atomic E-state index is 0.296. The van der Waals surface area contributed by atoms with Gasteiger partial charge in [-0.15, -0.1) is 11.3 Å². The number of benzene rings is 1. The van der Waals surface area contributed by atoms with E-state index >= 15 is 0 Å². The van der Waals surface area contributed by atoms with Crippen LogP contribution in [0.4, 0.5) is 0 Å². The Morgan fingerprint density at radius 1 is 1.19 bits per heavy atom. The van der Waals surface area contributed by atoms with Crippen molar-refractivity contribution in [2.24, 2.45) is 0 Å². The Bertz CT molecular complexity index is 872. The van der Waals surface area contributed by atoms with E-state index in [1.165, 1.54) is 16.3 Å². The van der Waals surface area contributed by atoms with E-state index in [1.54, 1.807) is 24.3 Å². The van der Waals surface area contributed by atoms with Gasteiger partial charge in [-0.1, -0.05) is 23.7 Å². The molecule has 140 valence electrons. The first-order chi connectivity index (χ1) is 12.4. The lowest BCUT2D eigenvalue weighted by Crippen LogP contribution is -3.13. The number of methoxy groups -OCH3 is 1. The number of ether oxygens (including phenoxy) is 1. The fourth-order valence-electron chi connectivity index (χ4n) is 2.95. The molecule has 0 radical (unpaired) electrons. The first-order valence-corrected chi connectivity index (χ1v) is 10.8. The van der Waals surface area contributed by atoms with Crippen molar-refractivity contribution in [1.82, 2.24) is 4.31 Å². The number of carbonyl (C=O) groups is 1. The zero-order valence-electron chi connectivity index (χ0n) is 14.3. The van der Waals surface area contributed by atoms with Crippen LogP contribution in [0.2, 0.25) is 4.34 Å². The summed E-state index contributed by atoms with van der Waals surface area (Å²) in [5, 5.41) is 0. The third-order valence-corrected chi connectivity index (χ3v) is 8.00. The van der Waals surface area contributed by atoms with E-state index in [0.717, 1.165) is 36.5 Å². The van der Waals surface area contributed by atoms with Crippen LogP contribution in [0.5, 0.6) is 0 Å². The summed E-state index contributed by atoms with van der Waals surface area (Å²) in [6.45, 7) is 3.22. The van der Waals surface area contributed by atoms with E-state index in [1.807, 2.05) is 12.1 Å². The summed E-state index contributed by atoms with van der Waals surface area (Å²) in [4.78, 5) is 12.8. The number of sulfonamides is 1. The molecule has 0 spiro atoms. The molecule has 1 saturated heterocycles. The van der Waals surface area contributed by atoms with E-state index in [4.69, 9.17) is 16.3 Å². The smallest absolute Gasteiger partial charge is 0.337 e. The van der Waals surface area contributed by atoms with Gasteiger partial charge in [-0.2, -0.15) is 4.31 Å². The lowest BCUT2D eigenvalue weighted by atomic mass is 10.1. The van der Waals surface area contributed by atoms with Crippen molar-refractivity contribution in [3.05, 3.63) is 51.9 Å². The van der Waals surface area contributed by atoms with Crippen LogP contribution in [0.25, 0.3) is 0 Å². The lowest BCUT2D eigenvalue weighted by molar-refractivity contribution is -0.917. The highest BCUT2D eigenvalue weighted by atomic mass is 35.5. The Balaban J connectivity index is 1.58. The predicted octanol–water partition coefficient (Wildman–Crippen LogP) is 1.28. The van der Waals surface area contributed by atoms with Crippen molar-refractivity contribution >= 4 is 38.9 Å². The second kappa shape index (κ2) is 8.06. The first-order valence-electron chi connectivity index (χ1n) is 8.16. The molecular formula is C17H20ClN2O4S2+. The molecule has 2 aromatic rings. The van der Waals surface area contributed by atoms with Crippen molar-refractivity contribution in [2.75, 3.05) is 33.3 Å². The maximum atomic E-state index is 12.6. The van der Waals surface area contributed by atoms with Crippen LogP contribution < -0.4 is 4.90 Å². The van der Waals surface area contributed by atoms with Crippen LogP contribution in [0, 0.1) is 0 Å². The summed E-state index contributed by atoms with van der Waals surface area (Å²) in [5.41, 5.74) is 1.63. The molecule has 1 aliphatic rings. The second-order valence-corrected chi connectivity index (χ2v) is 9.96. The van der Waals surface area contributed by atoms with E-state index < -0.39 is 10.0 Å². The van der Waals surface area contributed by atoms with Crippen LogP contribution in [0.15, 0.2) is 40.6 Å². The van der Waals surface area contributed by atoms with E-state index in [2.05, 4.69) is 0 Å². The third kappa shape index (κ3) is 4.27. The van der Waals surface area contributed by atoms with Gasteiger partial charge >= 0.3 is 5.97 Å². The van der Waals surface area contributed by atoms with Gasteiger partial charge in [0.25, 0.3) is 10.0 Å². The minimum Gasteiger partial charge on any atom is -0.465 e. The number of esters is 1. The van der Waals surface area contributed by atoms with Crippen LogP contribution in [0.1, 0.15) is 15.9 Å². The average molecular weight is 416 g/mol. The molecule has 0 aliphatic carbocycles. The summed E-state index contributed by atoms with van der Waals surface area (Å²) < 4.78 is 32.2. The summed E-state index contributed by atoms with van der Waals surface area (Å²) >= 11 is 6.95. The molecule has 6 nitrogen and oxygen atoms in total. The summed E-state index contributed by atoms with van der Waals surface area (Å²) in [6, 6.07) is 10.5. The van der Waals surface area contributed by atoms with Gasteiger partial charge < -0.3 is 9.64 Å². The molecule has 2 heterocycles. The molecule has 0 saturated carbocycles. The number of hydrogen-bond donors (Lipinski definition) is 1. The summed E-state index contributed by atoms with van der Waals surface area (Å²) in [7, 11) is -2.09. The summed E-state index contributed by atoms with van der Waals surface area (Å²) in [6.07, 6.45) is 0. The number of halogens is 1. The van der Waals surface area contributed by atoms with Gasteiger partial charge in [0.2, 0.25) is 0 Å². The van der Waals surface area contributed by atoms with Gasteiger partial charge in [-0.3, -0.25) is 0 Å². The number of nitrogens with zero attached hydrogens (tertiary/aromatic N) is 1. The highest BCUT2D eigenvalue weighted by Gasteiger charge is 2.31. The van der Waals surface area contributed by atoms with Gasteiger partial charge in [0, 0.05) is 5.56 Å². The average Bonchev–Trinajstić information content (AvgIpc) is 3.09. The molecule has 1 aromatic heterocycles. The zero-order valence-corrected chi connectivity index (χ0v) is 16.7. The number of piperazine rings is 1. The van der Waals surface area contributed by atoms with Gasteiger partial charge in [-0.05, 0) is 24.3 Å². The largest absolute Gasteiger partial charge is 0.465 e. The normalized spacial score (nSPS) is 16.5. The van der Waals surface area contributed by atoms with Crippen LogP contribution in [-0.2, 0) is 21.3 Å². The Morgan fingerprint density at radius 2 is 1.85 bits per heavy atom. The fourth-order valence-corrected chi connectivity index (χ4v) is 6.03. The molecule has 3 rings (SSSR count). The van der Waals surface area contributed by atoms with Crippen molar-refractivity contribution in [2.45, 2.75) is 10.8 Å². The Hall–Kier alpha value is -1.45. The molecule has 26 heavy (non-hydrogen) atoms. The topological polar surface area (TPSA) is 68.1 Å². The van der Waals surface area contributed by atoms with E-state index in [0.29, 0.717) is 27.2 Å². The molecule has 1 N–H and O–H groups in total. The number of rotatable bonds is 5. The SMILES string of the molecule is COC(=O)c1ccc(C[NH+]2CCN(S(=O)(=O)c3ccc(Cl)s3)CC2)cc1. The monoisotopic (exact) mass is 415 g/mol. The maximum Gasteiger partial charge on any atom is 0.337 e. The number of carbonyl (C=O) groups excluding carboxylic acids is 1. The predicted molar refractivity (Wildman–Crippen MR) is 100 cm³/mol. The molecule has 0 amide bonds. The molecule has 0 atom stereocenters. The van der Waals surface area contributed by atoms with Crippen molar-refractivity contribution in [3.8, 4) is 0 Å². The van der Waals surface area contributed by atoms with Gasteiger partial charge in [-0.25, -0.2) is 13.2 Å². The minimum atomic E-state index is -3.45. The van der Waals surface area contributed by atoms with Gasteiger partial charge in [0.1, 0.15) is 10.8 Å². The number of nitrogens with one attached hydrogen (secondary N) is 1. The number of hydrogen-bond acceptors (Lipinski definition) is 5. The molecule has 0 bridgehead atoms. The lowest BCUT2D eigenvalue weighted by Gasteiger charge is -2.31. The second-order valence-electron chi connectivity index (χ2n) is 6.08. The first kappa shape index (κ1) is 19.3. The van der Waals surface area contributed by atoms with Crippen LogP contribution >= 0.6 is 22.9 Å². The number of quaternary nitrogens is 1. The van der Waals surface area contributed by atoms with E-state index in [9.17, 15) is 13.2 Å². The Labute approximate surface area is 162 Å². The highest BCUT2D eigenvalue weighted by Crippen LogP contribution is 2.28. The molecular weight excluding hydrogens is 396 g/mol. The maximum absolute atomic E-state index is 12.6. The number of thiophene rings is 1. The third-order valence-electron chi connectivity index (χ3n) is 4.40. The van der Waals surface area contributed by atoms with Crippen LogP contribution in [0.3, 0.4) is 0 Å². The summed E-state index contributed by atoms with van der Waals surface area (Å²) in [5.74, 6) is -0.351. The standard InChI is InChI=1S/C17H19ClN2O4S2/c1-24-17(21)14-4-2-13(3-5-14)12-19-8-10-20(11-9-19)26(22,23)16-7-6-15(18)25-16/h2-7H,8-12H2,1H3/p+1. The molecule has 1 aliphatic heterocycles. The van der Waals surface area contributed by atoms with E-state index in [-0.39, 0.29) is 5.97 Å². The van der Waals surface area contributed by atoms with Crippen LogP contribution in [-0.4, -0.2) is 52.0 Å². The van der Waals surface area contributed by atoms with Crippen molar-refractivity contribution in [1.29, 1.82) is 0 Å². The van der Waals surface area contributed by atoms with Gasteiger partial charge in [0.15, 0.2) is 0 Å². The Morgan fingerprint density at radius 3 is 2.38 bits per heavy atom. The fraction of sp³-hybridized carbons (Fsp3) is 0.353. The quantitative estimate of drug-likeness (QED) is 0.747.